The predicted molar refractivity (Wildman–Crippen MR) is 188 cm³/mol. The maximum Gasteiger partial charge on any atom is 0.0780 e. The lowest BCUT2D eigenvalue weighted by atomic mass is 10.0. The Morgan fingerprint density at radius 3 is 0.548 bits per heavy atom. The molecule has 0 aliphatic rings. The second-order valence-electron chi connectivity index (χ2n) is 15.2. The van der Waals surface area contributed by atoms with Crippen LogP contribution < -0.4 is 12.4 Å². The maximum absolute atomic E-state index is 2.29. The van der Waals surface area contributed by atoms with Gasteiger partial charge in [0.15, 0.2) is 0 Å². The molecule has 42 heavy (non-hydrogen) atoms. The number of rotatable bonds is 30. The van der Waals surface area contributed by atoms with Gasteiger partial charge in [0.05, 0.1) is 55.4 Å². The summed E-state index contributed by atoms with van der Waals surface area (Å²) in [4.78, 5) is 0. The van der Waals surface area contributed by atoms with Crippen LogP contribution in [-0.2, 0) is 0 Å². The van der Waals surface area contributed by atoms with Gasteiger partial charge in [-0.25, -0.2) is 0 Å². The minimum absolute atomic E-state index is 0. The molecule has 0 heterocycles. The van der Waals surface area contributed by atoms with Crippen LogP contribution in [0.5, 0.6) is 0 Å². The van der Waals surface area contributed by atoms with Gasteiger partial charge in [-0.15, -0.1) is 0 Å². The van der Waals surface area contributed by atoms with E-state index in [9.17, 15) is 0 Å². The molecule has 0 saturated carbocycles. The van der Waals surface area contributed by atoms with Gasteiger partial charge in [0.1, 0.15) is 0 Å². The summed E-state index contributed by atoms with van der Waals surface area (Å²) in [6.45, 7) is 7.25. The van der Waals surface area contributed by atoms with Crippen LogP contribution in [0.15, 0.2) is 0 Å². The van der Waals surface area contributed by atoms with E-state index in [4.69, 9.17) is 0 Å². The fraction of sp³-hybridized carbons (Fsp3) is 1.00. The highest BCUT2D eigenvalue weighted by Gasteiger charge is 2.06. The van der Waals surface area contributed by atoms with Crippen molar-refractivity contribution in [1.82, 2.24) is 0 Å². The summed E-state index contributed by atoms with van der Waals surface area (Å²) in [6.07, 6.45) is 40.7. The lowest BCUT2D eigenvalue weighted by molar-refractivity contribution is -0.870. The molecule has 0 unspecified atom stereocenters. The Kier molecular flexibility index (Phi) is 43.6. The number of halogens is 1. The van der Waals surface area contributed by atoms with Gasteiger partial charge in [-0.3, -0.25) is 0 Å². The van der Waals surface area contributed by atoms with E-state index >= 15 is 0 Å². The van der Waals surface area contributed by atoms with Gasteiger partial charge in [0.25, 0.3) is 0 Å². The van der Waals surface area contributed by atoms with Crippen molar-refractivity contribution in [3.05, 3.63) is 0 Å². The zero-order chi connectivity index (χ0) is 30.2. The van der Waals surface area contributed by atoms with E-state index in [0.29, 0.717) is 0 Å². The molecule has 0 radical (unpaired) electrons. The van der Waals surface area contributed by atoms with Gasteiger partial charge in [-0.1, -0.05) is 168 Å². The van der Waals surface area contributed by atoms with E-state index in [-0.39, 0.29) is 17.9 Å². The number of nitrogens with zero attached hydrogens (tertiary/aromatic N) is 2. The van der Waals surface area contributed by atoms with Crippen LogP contribution in [0.1, 0.15) is 194 Å². The van der Waals surface area contributed by atoms with Crippen molar-refractivity contribution in [2.24, 2.45) is 0 Å². The topological polar surface area (TPSA) is 30.0 Å². The van der Waals surface area contributed by atoms with Gasteiger partial charge in [0.2, 0.25) is 0 Å². The second-order valence-corrected chi connectivity index (χ2v) is 15.2. The molecule has 0 amide bonds. The third-order valence-corrected chi connectivity index (χ3v) is 8.36. The van der Waals surface area contributed by atoms with Gasteiger partial charge in [-0.05, 0) is 25.7 Å². The van der Waals surface area contributed by atoms with Crippen molar-refractivity contribution in [1.29, 1.82) is 0 Å². The number of hydrogen-bond donors (Lipinski definition) is 0. The highest BCUT2D eigenvalue weighted by molar-refractivity contribution is 4.50. The Morgan fingerprint density at radius 2 is 0.405 bits per heavy atom. The second kappa shape index (κ2) is 37.4. The number of quaternary nitrogens is 2. The first-order valence-corrected chi connectivity index (χ1v) is 18.7. The zero-order valence-corrected chi connectivity index (χ0v) is 31.7. The first kappa shape index (κ1) is 49.1. The van der Waals surface area contributed by atoms with Crippen molar-refractivity contribution in [3.8, 4) is 0 Å². The van der Waals surface area contributed by atoms with E-state index in [1.165, 1.54) is 193 Å². The van der Waals surface area contributed by atoms with Gasteiger partial charge in [-0.2, -0.15) is 0 Å². The first-order chi connectivity index (χ1) is 19.1. The largest absolute Gasteiger partial charge is 1.00 e. The van der Waals surface area contributed by atoms with Crippen molar-refractivity contribution in [3.63, 3.8) is 0 Å². The smallest absolute Gasteiger partial charge is 0.0780 e. The van der Waals surface area contributed by atoms with E-state index in [0.717, 1.165) is 8.97 Å². The Bertz CT molecular complexity index is 417. The Morgan fingerprint density at radius 1 is 0.262 bits per heavy atom. The molecule has 0 saturated heterocycles. The Hall–Kier alpha value is 0.170. The molecule has 0 atom stereocenters. The lowest BCUT2D eigenvalue weighted by Crippen LogP contribution is -3.00. The predicted octanol–water partition coefficient (Wildman–Crippen LogP) is 9.18. The van der Waals surface area contributed by atoms with Crippen LogP contribution in [-0.4, -0.2) is 69.8 Å². The van der Waals surface area contributed by atoms with Crippen molar-refractivity contribution >= 4 is 0 Å². The summed E-state index contributed by atoms with van der Waals surface area (Å²) in [5.74, 6) is 0. The highest BCUT2D eigenvalue weighted by atomic mass is 35.5. The SMILES string of the molecule is CCCCCCCCCCCCCCCC[N+](C)(C)C.CCCCCCCCCCCCCCCC[N+](C)(C)C.[Cl-].[OH-]. The van der Waals surface area contributed by atoms with Crippen molar-refractivity contribution < 1.29 is 26.8 Å². The molecule has 4 heteroatoms. The Labute approximate surface area is 275 Å². The number of hydrogen-bond acceptors (Lipinski definition) is 1. The van der Waals surface area contributed by atoms with Crippen LogP contribution >= 0.6 is 0 Å². The quantitative estimate of drug-likeness (QED) is 0.0581. The summed E-state index contributed by atoms with van der Waals surface area (Å²) in [6, 6.07) is 0. The van der Waals surface area contributed by atoms with Crippen LogP contribution in [0.4, 0.5) is 0 Å². The summed E-state index contributed by atoms with van der Waals surface area (Å²) >= 11 is 0. The van der Waals surface area contributed by atoms with Crippen LogP contribution in [0.2, 0.25) is 0 Å². The van der Waals surface area contributed by atoms with Gasteiger partial charge < -0.3 is 26.8 Å². The van der Waals surface area contributed by atoms with Crippen molar-refractivity contribution in [2.75, 3.05) is 55.4 Å². The lowest BCUT2D eigenvalue weighted by Gasteiger charge is -2.23. The molecule has 0 aromatic rings. The van der Waals surface area contributed by atoms with E-state index in [1.54, 1.807) is 0 Å². The summed E-state index contributed by atoms with van der Waals surface area (Å²) in [5, 5.41) is 0. The fourth-order valence-electron chi connectivity index (χ4n) is 5.56. The molecule has 0 aromatic carbocycles. The molecular formula is C38H85ClN2O. The minimum Gasteiger partial charge on any atom is -1.00 e. The molecule has 1 N–H and O–H groups in total. The monoisotopic (exact) mass is 621 g/mol. The molecule has 3 nitrogen and oxygen atoms in total. The van der Waals surface area contributed by atoms with Crippen LogP contribution in [0.25, 0.3) is 0 Å². The van der Waals surface area contributed by atoms with E-state index in [2.05, 4.69) is 56.1 Å². The molecule has 0 fully saturated rings. The van der Waals surface area contributed by atoms with Crippen LogP contribution in [0, 0.1) is 0 Å². The summed E-state index contributed by atoms with van der Waals surface area (Å²) in [7, 11) is 13.8. The molecule has 0 aliphatic heterocycles. The summed E-state index contributed by atoms with van der Waals surface area (Å²) in [5.41, 5.74) is 0. The molecule has 0 aliphatic carbocycles. The molecule has 260 valence electrons. The van der Waals surface area contributed by atoms with Gasteiger partial charge >= 0.3 is 0 Å². The zero-order valence-electron chi connectivity index (χ0n) is 30.9. The molecular weight excluding hydrogens is 536 g/mol. The average molecular weight is 622 g/mol. The van der Waals surface area contributed by atoms with Crippen molar-refractivity contribution in [2.45, 2.75) is 194 Å². The normalized spacial score (nSPS) is 11.4. The molecule has 0 aromatic heterocycles. The van der Waals surface area contributed by atoms with Gasteiger partial charge in [0, 0.05) is 0 Å². The minimum atomic E-state index is 0. The van der Waals surface area contributed by atoms with E-state index < -0.39 is 0 Å². The number of unbranched alkanes of at least 4 members (excludes halogenated alkanes) is 26. The molecule has 0 rings (SSSR count). The third-order valence-electron chi connectivity index (χ3n) is 8.36. The Balaban J connectivity index is -0.000000328. The fourth-order valence-corrected chi connectivity index (χ4v) is 5.56. The third kappa shape index (κ3) is 52.8. The van der Waals surface area contributed by atoms with Crippen LogP contribution in [0.3, 0.4) is 0 Å². The first-order valence-electron chi connectivity index (χ1n) is 18.7. The molecule has 0 bridgehead atoms. The average Bonchev–Trinajstić information content (AvgIpc) is 2.88. The summed E-state index contributed by atoms with van der Waals surface area (Å²) < 4.78 is 2.25. The van der Waals surface area contributed by atoms with E-state index in [1.807, 2.05) is 0 Å². The standard InChI is InChI=1S/2C19H42N.ClH.H2O/c2*1-5-6-7-8-9-10-11-12-13-14-15-16-17-18-19-20(2,3)4;;/h2*5-19H2,1-4H3;1H;1H2/q2*+1;;/p-2. The maximum atomic E-state index is 2.29. The molecule has 0 spiro atoms. The highest BCUT2D eigenvalue weighted by Crippen LogP contribution is 2.14.